The second-order valence-electron chi connectivity index (χ2n) is 7.34. The Balaban J connectivity index is 1.76. The van der Waals surface area contributed by atoms with Gasteiger partial charge in [0.1, 0.15) is 36.9 Å². The largest absolute Gasteiger partial charge is 0.491 e. The third-order valence-electron chi connectivity index (χ3n) is 5.35. The van der Waals surface area contributed by atoms with Gasteiger partial charge < -0.3 is 25.1 Å². The van der Waals surface area contributed by atoms with E-state index in [1.807, 2.05) is 6.92 Å². The summed E-state index contributed by atoms with van der Waals surface area (Å²) in [5, 5.41) is 3.05. The van der Waals surface area contributed by atoms with Crippen molar-refractivity contribution in [3.05, 3.63) is 29.8 Å². The van der Waals surface area contributed by atoms with Crippen molar-refractivity contribution >= 4 is 23.4 Å². The minimum atomic E-state index is -2.73. The quantitative estimate of drug-likeness (QED) is 0.690. The fourth-order valence-corrected chi connectivity index (χ4v) is 3.66. The molecule has 1 fully saturated rings. The molecule has 2 aliphatic rings. The zero-order valence-electron chi connectivity index (χ0n) is 16.9. The maximum atomic E-state index is 13.5. The molecule has 1 saturated heterocycles. The van der Waals surface area contributed by atoms with Crippen LogP contribution in [0.2, 0.25) is 0 Å². The van der Waals surface area contributed by atoms with Gasteiger partial charge in [-0.05, 0) is 26.0 Å². The summed E-state index contributed by atoms with van der Waals surface area (Å²) < 4.78 is 39.7. The van der Waals surface area contributed by atoms with Crippen LogP contribution in [0.4, 0.5) is 20.3 Å². The number of fused-ring (bicyclic) bond motifs is 3. The number of amides is 1. The third-order valence-corrected chi connectivity index (χ3v) is 5.35. The number of hydrogen-bond acceptors (Lipinski definition) is 7. The lowest BCUT2D eigenvalue weighted by Crippen LogP contribution is -2.36. The Labute approximate surface area is 176 Å². The Bertz CT molecular complexity index is 1080. The van der Waals surface area contributed by atoms with Gasteiger partial charge >= 0.3 is 0 Å². The number of hydrogen-bond donors (Lipinski definition) is 2. The van der Waals surface area contributed by atoms with Crippen molar-refractivity contribution in [2.75, 3.05) is 23.4 Å². The molecule has 2 aliphatic heterocycles. The summed E-state index contributed by atoms with van der Waals surface area (Å²) in [6, 6.07) is 1.65. The van der Waals surface area contributed by atoms with Crippen LogP contribution >= 0.6 is 0 Å². The van der Waals surface area contributed by atoms with Gasteiger partial charge in [0.05, 0.1) is 12.1 Å². The number of nitrogens with one attached hydrogen (secondary N) is 1. The molecule has 2 aromatic rings. The van der Waals surface area contributed by atoms with Crippen LogP contribution < -0.4 is 20.7 Å². The van der Waals surface area contributed by atoms with Crippen molar-refractivity contribution in [2.24, 2.45) is 5.73 Å². The van der Waals surface area contributed by atoms with E-state index >= 15 is 0 Å². The van der Waals surface area contributed by atoms with E-state index in [-0.39, 0.29) is 18.3 Å². The first-order valence-corrected chi connectivity index (χ1v) is 9.67. The van der Waals surface area contributed by atoms with Gasteiger partial charge in [0.25, 0.3) is 12.3 Å². The number of anilines is 2. The summed E-state index contributed by atoms with van der Waals surface area (Å²) in [5.41, 5.74) is 7.43. The molecule has 3 heterocycles. The summed E-state index contributed by atoms with van der Waals surface area (Å²) in [7, 11) is 0. The van der Waals surface area contributed by atoms with Crippen molar-refractivity contribution in [1.29, 1.82) is 0 Å². The molecular weight excluding hydrogens is 412 g/mol. The monoisotopic (exact) mass is 433 g/mol. The van der Waals surface area contributed by atoms with Gasteiger partial charge in [-0.3, -0.25) is 9.69 Å². The Morgan fingerprint density at radius 1 is 1.39 bits per heavy atom. The second kappa shape index (κ2) is 7.92. The first-order valence-electron chi connectivity index (χ1n) is 9.67. The van der Waals surface area contributed by atoms with Crippen molar-refractivity contribution in [2.45, 2.75) is 38.9 Å². The normalized spacial score (nSPS) is 18.4. The number of carbonyl (C=O) groups excluding carboxylic acids is 2. The number of benzene rings is 1. The summed E-state index contributed by atoms with van der Waals surface area (Å²) >= 11 is 0. The zero-order chi connectivity index (χ0) is 22.3. The summed E-state index contributed by atoms with van der Waals surface area (Å²) in [4.78, 5) is 28.2. The topological polar surface area (TPSA) is 112 Å². The van der Waals surface area contributed by atoms with Crippen molar-refractivity contribution in [3.8, 4) is 17.1 Å². The number of nitrogens with two attached hydrogens (primary N) is 1. The molecule has 164 valence electrons. The predicted octanol–water partition coefficient (Wildman–Crippen LogP) is 1.68. The average molecular weight is 433 g/mol. The van der Waals surface area contributed by atoms with E-state index in [9.17, 15) is 18.4 Å². The van der Waals surface area contributed by atoms with Crippen LogP contribution in [0.3, 0.4) is 0 Å². The Hall–Kier alpha value is -3.59. The van der Waals surface area contributed by atoms with E-state index in [2.05, 4.69) is 10.3 Å². The maximum absolute atomic E-state index is 13.5. The van der Waals surface area contributed by atoms with Gasteiger partial charge in [-0.1, -0.05) is 0 Å². The fraction of sp³-hybridized carbons (Fsp3) is 0.400. The molecule has 3 N–H and O–H groups in total. The third kappa shape index (κ3) is 3.57. The van der Waals surface area contributed by atoms with E-state index in [1.54, 1.807) is 35.8 Å². The predicted molar refractivity (Wildman–Crippen MR) is 108 cm³/mol. The van der Waals surface area contributed by atoms with Gasteiger partial charge in [-0.15, -0.1) is 0 Å². The van der Waals surface area contributed by atoms with Gasteiger partial charge in [-0.2, -0.15) is 0 Å². The number of alkyl halides is 2. The molecule has 0 radical (unpaired) electrons. The highest BCUT2D eigenvalue weighted by atomic mass is 19.3. The molecular formula is C20H21F2N5O4. The van der Waals surface area contributed by atoms with Crippen LogP contribution in [-0.4, -0.2) is 53.1 Å². The van der Waals surface area contributed by atoms with Gasteiger partial charge in [-0.25, -0.2) is 18.6 Å². The summed E-state index contributed by atoms with van der Waals surface area (Å²) in [6.45, 7) is 3.91. The Morgan fingerprint density at radius 2 is 2.16 bits per heavy atom. The number of aromatic nitrogens is 2. The fourth-order valence-electron chi connectivity index (χ4n) is 3.66. The van der Waals surface area contributed by atoms with E-state index < -0.39 is 24.4 Å². The van der Waals surface area contributed by atoms with Crippen LogP contribution in [0.1, 0.15) is 12.5 Å². The van der Waals surface area contributed by atoms with Crippen LogP contribution in [0.15, 0.2) is 24.2 Å². The second-order valence-corrected chi connectivity index (χ2v) is 7.34. The lowest BCUT2D eigenvalue weighted by molar-refractivity contribution is -0.118. The van der Waals surface area contributed by atoms with Gasteiger partial charge in [0, 0.05) is 17.4 Å². The molecule has 1 aromatic heterocycles. The van der Waals surface area contributed by atoms with Crippen molar-refractivity contribution in [1.82, 2.24) is 9.55 Å². The highest BCUT2D eigenvalue weighted by Gasteiger charge is 2.40. The number of primary amides is 1. The van der Waals surface area contributed by atoms with Crippen LogP contribution in [0, 0.1) is 6.92 Å². The smallest absolute Gasteiger partial charge is 0.284 e. The standard InChI is InChI=1S/C20H21F2N5O4/c1-10-13(24-11(2)19(23)29)4-3-12-17(10)30-6-5-26-7-15(25-20(12)26)27-14(18(21)22)9-31-16(27)8-28/h3-4,7,11,14,18,24H,5-6,9H2,1-2H3,(H2,23,29)/t11-,14-/m0/s1. The average Bonchev–Trinajstić information content (AvgIpc) is 3.30. The molecule has 9 nitrogen and oxygen atoms in total. The van der Waals surface area contributed by atoms with Gasteiger partial charge in [0.15, 0.2) is 11.8 Å². The molecule has 2 atom stereocenters. The number of nitrogens with zero attached hydrogens (tertiary/aromatic N) is 3. The zero-order valence-corrected chi connectivity index (χ0v) is 16.9. The van der Waals surface area contributed by atoms with Gasteiger partial charge in [0.2, 0.25) is 5.91 Å². The SMILES string of the molecule is Cc1c(N[C@@H](C)C(N)=O)ccc2c1OCCn1cc(N3C(=C=O)OC[C@H]3C(F)F)nc1-2. The number of halogens is 2. The van der Waals surface area contributed by atoms with Crippen molar-refractivity contribution in [3.63, 3.8) is 0 Å². The number of rotatable bonds is 5. The first kappa shape index (κ1) is 20.7. The molecule has 1 aromatic carbocycles. The van der Waals surface area contributed by atoms with Crippen LogP contribution in [-0.2, 0) is 20.9 Å². The number of ether oxygens (including phenoxy) is 2. The molecule has 1 amide bonds. The number of imidazole rings is 1. The van der Waals surface area contributed by atoms with Crippen LogP contribution in [0.5, 0.6) is 5.75 Å². The van der Waals surface area contributed by atoms with Crippen LogP contribution in [0.25, 0.3) is 11.4 Å². The highest BCUT2D eigenvalue weighted by molar-refractivity contribution is 5.84. The van der Waals surface area contributed by atoms with E-state index in [0.29, 0.717) is 36.0 Å². The summed E-state index contributed by atoms with van der Waals surface area (Å²) in [6.07, 6.45) is -1.14. The molecule has 31 heavy (non-hydrogen) atoms. The molecule has 4 rings (SSSR count). The molecule has 0 saturated carbocycles. The molecule has 0 aliphatic carbocycles. The molecule has 0 spiro atoms. The lowest BCUT2D eigenvalue weighted by atomic mass is 10.1. The van der Waals surface area contributed by atoms with Crippen molar-refractivity contribution < 1.29 is 27.8 Å². The Morgan fingerprint density at radius 3 is 2.84 bits per heavy atom. The minimum Gasteiger partial charge on any atom is -0.491 e. The highest BCUT2D eigenvalue weighted by Crippen LogP contribution is 2.40. The van der Waals surface area contributed by atoms with E-state index in [1.165, 1.54) is 0 Å². The van der Waals surface area contributed by atoms with E-state index in [0.717, 1.165) is 10.5 Å². The molecule has 0 bridgehead atoms. The molecule has 0 unspecified atom stereocenters. The maximum Gasteiger partial charge on any atom is 0.284 e. The van der Waals surface area contributed by atoms with E-state index in [4.69, 9.17) is 15.2 Å². The minimum absolute atomic E-state index is 0.172. The summed E-state index contributed by atoms with van der Waals surface area (Å²) in [5.74, 6) is 2.01. The Kier molecular flexibility index (Phi) is 5.28. The first-order chi connectivity index (χ1) is 14.8. The lowest BCUT2D eigenvalue weighted by Gasteiger charge is -2.20. The number of carbonyl (C=O) groups is 1. The molecule has 11 heteroatoms.